The summed E-state index contributed by atoms with van der Waals surface area (Å²) in [6.07, 6.45) is 1.83. The third-order valence-electron chi connectivity index (χ3n) is 0.858. The molecule has 0 spiro atoms. The van der Waals surface area contributed by atoms with Gasteiger partial charge in [0.25, 0.3) is 0 Å². The van der Waals surface area contributed by atoms with Crippen LogP contribution in [-0.2, 0) is 4.74 Å². The second kappa shape index (κ2) is 10.8. The zero-order valence-electron chi connectivity index (χ0n) is 6.98. The van der Waals surface area contributed by atoms with Gasteiger partial charge in [0.15, 0.2) is 0 Å². The lowest BCUT2D eigenvalue weighted by Crippen LogP contribution is -1.73. The molecule has 0 radical (unpaired) electrons. The minimum absolute atomic E-state index is 0.634. The van der Waals surface area contributed by atoms with E-state index in [9.17, 15) is 0 Å². The van der Waals surface area contributed by atoms with E-state index in [2.05, 4.69) is 12.7 Å². The molecule has 0 saturated carbocycles. The zero-order valence-corrected chi connectivity index (χ0v) is 6.98. The van der Waals surface area contributed by atoms with Crippen LogP contribution in [-0.4, -0.2) is 19.8 Å². The van der Waals surface area contributed by atoms with Gasteiger partial charge in [-0.05, 0) is 13.5 Å². The minimum Gasteiger partial charge on any atom is -0.373 e. The van der Waals surface area contributed by atoms with Gasteiger partial charge in [-0.15, -0.1) is 0 Å². The third kappa shape index (κ3) is 11.5. The average molecular weight is 133 g/mol. The van der Waals surface area contributed by atoms with E-state index in [0.717, 1.165) is 6.61 Å². The number of ether oxygens (including phenoxy) is 1. The molecule has 1 unspecified atom stereocenters. The normalized spacial score (nSPS) is 20.3. The molecule has 0 aromatic carbocycles. The Balaban J connectivity index is 0. The Labute approximate surface area is 58.4 Å². The molecule has 2 nitrogen and oxygen atoms in total. The van der Waals surface area contributed by atoms with Gasteiger partial charge in [-0.3, -0.25) is 0 Å². The molecule has 0 aliphatic carbocycles. The fourth-order valence-electron chi connectivity index (χ4n) is 0.304. The van der Waals surface area contributed by atoms with Crippen molar-refractivity contribution in [3.8, 4) is 0 Å². The Morgan fingerprint density at radius 1 is 1.44 bits per heavy atom. The SMILES string of the molecule is CC.CCC1CO1.CN. The van der Waals surface area contributed by atoms with Crippen LogP contribution in [0.15, 0.2) is 0 Å². The molecule has 1 saturated heterocycles. The van der Waals surface area contributed by atoms with E-state index in [1.165, 1.54) is 13.5 Å². The maximum atomic E-state index is 4.86. The van der Waals surface area contributed by atoms with Gasteiger partial charge in [-0.25, -0.2) is 0 Å². The molecule has 0 bridgehead atoms. The summed E-state index contributed by atoms with van der Waals surface area (Å²) in [6, 6.07) is 0. The smallest absolute Gasteiger partial charge is 0.0807 e. The number of nitrogens with two attached hydrogens (primary N) is 1. The minimum atomic E-state index is 0.634. The average Bonchev–Trinajstić information content (AvgIpc) is 2.78. The van der Waals surface area contributed by atoms with Gasteiger partial charge in [-0.1, -0.05) is 20.8 Å². The summed E-state index contributed by atoms with van der Waals surface area (Å²) in [7, 11) is 1.50. The molecule has 2 heteroatoms. The lowest BCUT2D eigenvalue weighted by molar-refractivity contribution is 0.403. The third-order valence-corrected chi connectivity index (χ3v) is 0.858. The Morgan fingerprint density at radius 3 is 1.78 bits per heavy atom. The van der Waals surface area contributed by atoms with Crippen LogP contribution in [0.2, 0.25) is 0 Å². The quantitative estimate of drug-likeness (QED) is 0.549. The summed E-state index contributed by atoms with van der Waals surface area (Å²) in [5.41, 5.74) is 4.50. The van der Waals surface area contributed by atoms with Crippen molar-refractivity contribution in [3.05, 3.63) is 0 Å². The maximum absolute atomic E-state index is 4.86. The summed E-state index contributed by atoms with van der Waals surface area (Å²) in [5.74, 6) is 0. The Morgan fingerprint density at radius 2 is 1.78 bits per heavy atom. The highest BCUT2D eigenvalue weighted by Crippen LogP contribution is 2.10. The molecular formula is C7H19NO. The van der Waals surface area contributed by atoms with E-state index in [1.807, 2.05) is 13.8 Å². The zero-order chi connectivity index (χ0) is 7.70. The van der Waals surface area contributed by atoms with Crippen molar-refractivity contribution in [2.24, 2.45) is 5.73 Å². The predicted molar refractivity (Wildman–Crippen MR) is 41.5 cm³/mol. The van der Waals surface area contributed by atoms with Crippen molar-refractivity contribution in [1.82, 2.24) is 0 Å². The molecule has 1 fully saturated rings. The molecule has 1 aliphatic heterocycles. The fraction of sp³-hybridized carbons (Fsp3) is 1.00. The van der Waals surface area contributed by atoms with E-state index in [1.54, 1.807) is 0 Å². The molecule has 1 atom stereocenters. The second-order valence-corrected chi connectivity index (χ2v) is 1.36. The lowest BCUT2D eigenvalue weighted by atomic mass is 10.4. The maximum Gasteiger partial charge on any atom is 0.0807 e. The van der Waals surface area contributed by atoms with Gasteiger partial charge in [0.2, 0.25) is 0 Å². The van der Waals surface area contributed by atoms with Crippen molar-refractivity contribution < 1.29 is 4.74 Å². The monoisotopic (exact) mass is 133 g/mol. The molecule has 1 rings (SSSR count). The van der Waals surface area contributed by atoms with Crippen LogP contribution < -0.4 is 5.73 Å². The first-order valence-corrected chi connectivity index (χ1v) is 3.63. The molecular weight excluding hydrogens is 114 g/mol. The van der Waals surface area contributed by atoms with Gasteiger partial charge >= 0.3 is 0 Å². The van der Waals surface area contributed by atoms with Crippen LogP contribution in [0.3, 0.4) is 0 Å². The topological polar surface area (TPSA) is 38.5 Å². The molecule has 2 N–H and O–H groups in total. The van der Waals surface area contributed by atoms with Gasteiger partial charge in [0.1, 0.15) is 0 Å². The van der Waals surface area contributed by atoms with E-state index < -0.39 is 0 Å². The molecule has 58 valence electrons. The predicted octanol–water partition coefficient (Wildman–Crippen LogP) is 1.40. The highest BCUT2D eigenvalue weighted by atomic mass is 16.6. The van der Waals surface area contributed by atoms with Crippen LogP contribution >= 0.6 is 0 Å². The molecule has 0 amide bonds. The highest BCUT2D eigenvalue weighted by molar-refractivity contribution is 4.64. The summed E-state index contributed by atoms with van der Waals surface area (Å²) in [5, 5.41) is 0. The molecule has 0 aromatic rings. The number of rotatable bonds is 1. The van der Waals surface area contributed by atoms with Crippen LogP contribution in [0.1, 0.15) is 27.2 Å². The first kappa shape index (κ1) is 11.7. The van der Waals surface area contributed by atoms with Crippen molar-refractivity contribution >= 4 is 0 Å². The van der Waals surface area contributed by atoms with Gasteiger partial charge < -0.3 is 10.5 Å². The van der Waals surface area contributed by atoms with Crippen LogP contribution in [0, 0.1) is 0 Å². The van der Waals surface area contributed by atoms with E-state index in [-0.39, 0.29) is 0 Å². The fourth-order valence-corrected chi connectivity index (χ4v) is 0.304. The van der Waals surface area contributed by atoms with E-state index in [0.29, 0.717) is 6.10 Å². The molecule has 1 aliphatic rings. The van der Waals surface area contributed by atoms with Crippen LogP contribution in [0.4, 0.5) is 0 Å². The van der Waals surface area contributed by atoms with Gasteiger partial charge in [0.05, 0.1) is 12.7 Å². The van der Waals surface area contributed by atoms with Crippen molar-refractivity contribution in [3.63, 3.8) is 0 Å². The Kier molecular flexibility index (Phi) is 14.0. The van der Waals surface area contributed by atoms with Gasteiger partial charge in [-0.2, -0.15) is 0 Å². The number of epoxide rings is 1. The Hall–Kier alpha value is -0.0800. The number of hydrogen-bond acceptors (Lipinski definition) is 2. The number of hydrogen-bond donors (Lipinski definition) is 1. The van der Waals surface area contributed by atoms with Crippen molar-refractivity contribution in [1.29, 1.82) is 0 Å². The highest BCUT2D eigenvalue weighted by Gasteiger charge is 2.18. The molecule has 9 heavy (non-hydrogen) atoms. The summed E-state index contributed by atoms with van der Waals surface area (Å²) < 4.78 is 4.86. The van der Waals surface area contributed by atoms with E-state index in [4.69, 9.17) is 4.74 Å². The van der Waals surface area contributed by atoms with E-state index >= 15 is 0 Å². The molecule has 0 aromatic heterocycles. The van der Waals surface area contributed by atoms with Crippen molar-refractivity contribution in [2.45, 2.75) is 33.3 Å². The standard InChI is InChI=1S/C4H8O.C2H6.CH5N/c1-2-4-3-5-4;2*1-2/h4H,2-3H2,1H3;1-2H3;2H2,1H3. The first-order valence-electron chi connectivity index (χ1n) is 3.63. The summed E-state index contributed by atoms with van der Waals surface area (Å²) in [4.78, 5) is 0. The second-order valence-electron chi connectivity index (χ2n) is 1.36. The lowest BCUT2D eigenvalue weighted by Gasteiger charge is -1.69. The van der Waals surface area contributed by atoms with Crippen LogP contribution in [0.5, 0.6) is 0 Å². The Bertz CT molecular complexity index is 35.9. The first-order chi connectivity index (χ1) is 4.43. The van der Waals surface area contributed by atoms with Crippen LogP contribution in [0.25, 0.3) is 0 Å². The largest absolute Gasteiger partial charge is 0.373 e. The summed E-state index contributed by atoms with van der Waals surface area (Å²) in [6.45, 7) is 7.15. The van der Waals surface area contributed by atoms with Crippen molar-refractivity contribution in [2.75, 3.05) is 13.7 Å². The molecule has 1 heterocycles. The van der Waals surface area contributed by atoms with Gasteiger partial charge in [0, 0.05) is 0 Å². The summed E-state index contributed by atoms with van der Waals surface area (Å²) >= 11 is 0.